The number of hydrogen-bond donors (Lipinski definition) is 3. The van der Waals surface area contributed by atoms with E-state index in [9.17, 15) is 18.7 Å². The number of halogens is 2. The highest BCUT2D eigenvalue weighted by Gasteiger charge is 2.22. The fourth-order valence-electron chi connectivity index (χ4n) is 3.19. The van der Waals surface area contributed by atoms with Crippen LogP contribution in [0.2, 0.25) is 0 Å². The predicted molar refractivity (Wildman–Crippen MR) is 110 cm³/mol. The van der Waals surface area contributed by atoms with Crippen molar-refractivity contribution in [2.45, 2.75) is 52.7 Å². The van der Waals surface area contributed by atoms with Crippen LogP contribution in [0.15, 0.2) is 36.7 Å². The third kappa shape index (κ3) is 7.77. The van der Waals surface area contributed by atoms with Crippen molar-refractivity contribution in [3.8, 4) is 0 Å². The number of hydrogen-bond acceptors (Lipinski definition) is 4. The van der Waals surface area contributed by atoms with Crippen molar-refractivity contribution in [2.24, 2.45) is 5.41 Å². The maximum Gasteiger partial charge on any atom is 0.217 e. The van der Waals surface area contributed by atoms with Gasteiger partial charge in [0.25, 0.3) is 0 Å². The van der Waals surface area contributed by atoms with E-state index >= 15 is 0 Å². The number of benzene rings is 1. The van der Waals surface area contributed by atoms with E-state index in [1.165, 1.54) is 19.1 Å². The van der Waals surface area contributed by atoms with Gasteiger partial charge in [0.05, 0.1) is 24.0 Å². The Kier molecular flexibility index (Phi) is 7.67. The second-order valence-electron chi connectivity index (χ2n) is 8.51. The molecule has 0 aliphatic rings. The van der Waals surface area contributed by atoms with Crippen LogP contribution in [0.4, 0.5) is 14.5 Å². The van der Waals surface area contributed by atoms with E-state index in [2.05, 4.69) is 36.4 Å². The van der Waals surface area contributed by atoms with Gasteiger partial charge in [-0.3, -0.25) is 9.78 Å². The second-order valence-corrected chi connectivity index (χ2v) is 8.51. The van der Waals surface area contributed by atoms with Crippen molar-refractivity contribution in [2.75, 3.05) is 11.9 Å². The number of aliphatic hydroxyl groups excluding tert-OH is 1. The molecule has 0 saturated carbocycles. The van der Waals surface area contributed by atoms with Crippen LogP contribution in [0, 0.1) is 17.0 Å². The maximum atomic E-state index is 13.5. The van der Waals surface area contributed by atoms with Crippen LogP contribution in [-0.2, 0) is 17.6 Å². The molecule has 2 rings (SSSR count). The van der Waals surface area contributed by atoms with Crippen molar-refractivity contribution >= 4 is 11.6 Å². The highest BCUT2D eigenvalue weighted by molar-refractivity contribution is 5.73. The molecule has 0 bridgehead atoms. The zero-order valence-corrected chi connectivity index (χ0v) is 17.3. The van der Waals surface area contributed by atoms with Gasteiger partial charge in [-0.2, -0.15) is 0 Å². The number of amides is 1. The molecule has 1 aromatic carbocycles. The first-order valence-electron chi connectivity index (χ1n) is 9.60. The summed E-state index contributed by atoms with van der Waals surface area (Å²) in [4.78, 5) is 15.7. The highest BCUT2D eigenvalue weighted by atomic mass is 19.1. The van der Waals surface area contributed by atoms with Crippen LogP contribution >= 0.6 is 0 Å². The Bertz CT molecular complexity index is 817. The van der Waals surface area contributed by atoms with Gasteiger partial charge in [-0.15, -0.1) is 0 Å². The quantitative estimate of drug-likeness (QED) is 0.629. The highest BCUT2D eigenvalue weighted by Crippen LogP contribution is 2.25. The summed E-state index contributed by atoms with van der Waals surface area (Å²) in [5, 5.41) is 16.5. The van der Waals surface area contributed by atoms with Gasteiger partial charge in [-0.25, -0.2) is 8.78 Å². The average Bonchev–Trinajstić information content (AvgIpc) is 2.57. The first kappa shape index (κ1) is 22.7. The molecule has 0 aliphatic heterocycles. The zero-order valence-electron chi connectivity index (χ0n) is 17.3. The molecule has 1 aromatic heterocycles. The molecule has 2 aromatic rings. The molecule has 1 amide bonds. The Hall–Kier alpha value is -2.54. The number of aliphatic hydroxyl groups is 1. The summed E-state index contributed by atoms with van der Waals surface area (Å²) in [6.07, 6.45) is 3.36. The van der Waals surface area contributed by atoms with Gasteiger partial charge in [0.2, 0.25) is 5.91 Å². The third-order valence-corrected chi connectivity index (χ3v) is 4.36. The minimum absolute atomic E-state index is 0.0799. The predicted octanol–water partition coefficient (Wildman–Crippen LogP) is 3.47. The van der Waals surface area contributed by atoms with E-state index in [4.69, 9.17) is 0 Å². The molecule has 5 nitrogen and oxygen atoms in total. The monoisotopic (exact) mass is 405 g/mol. The number of nitrogens with one attached hydrogen (secondary N) is 2. The van der Waals surface area contributed by atoms with E-state index in [0.717, 1.165) is 23.7 Å². The Balaban J connectivity index is 2.10. The Morgan fingerprint density at radius 3 is 2.45 bits per heavy atom. The second kappa shape index (κ2) is 9.78. The van der Waals surface area contributed by atoms with Crippen LogP contribution in [-0.4, -0.2) is 34.7 Å². The van der Waals surface area contributed by atoms with Crippen molar-refractivity contribution < 1.29 is 18.7 Å². The molecule has 7 heteroatoms. The number of rotatable bonds is 8. The number of aromatic nitrogens is 1. The lowest BCUT2D eigenvalue weighted by atomic mass is 9.88. The third-order valence-electron chi connectivity index (χ3n) is 4.36. The lowest BCUT2D eigenvalue weighted by Gasteiger charge is -2.26. The first-order valence-corrected chi connectivity index (χ1v) is 9.60. The van der Waals surface area contributed by atoms with Gasteiger partial charge >= 0.3 is 0 Å². The van der Waals surface area contributed by atoms with E-state index in [0.29, 0.717) is 5.56 Å². The molecular formula is C22H29F2N3O2. The standard InChI is InChI=1S/C22H29F2N3O2/c1-14(28)27-19(9-15-7-17(23)10-18(24)8-15)21(29)13-26-20-12-25-6-5-16(20)11-22(2,3)4/h5-8,10,12,19,21,26,29H,9,11,13H2,1-4H3,(H,27,28). The minimum Gasteiger partial charge on any atom is -0.389 e. The summed E-state index contributed by atoms with van der Waals surface area (Å²) in [6, 6.07) is 4.40. The molecular weight excluding hydrogens is 376 g/mol. The van der Waals surface area contributed by atoms with E-state index in [1.807, 2.05) is 6.07 Å². The molecule has 0 spiro atoms. The smallest absolute Gasteiger partial charge is 0.217 e. The number of anilines is 1. The molecule has 29 heavy (non-hydrogen) atoms. The number of pyridine rings is 1. The summed E-state index contributed by atoms with van der Waals surface area (Å²) >= 11 is 0. The van der Waals surface area contributed by atoms with Crippen molar-refractivity contribution in [1.82, 2.24) is 10.3 Å². The van der Waals surface area contributed by atoms with E-state index < -0.39 is 23.8 Å². The number of carbonyl (C=O) groups excluding carboxylic acids is 1. The maximum absolute atomic E-state index is 13.5. The number of carbonyl (C=O) groups is 1. The van der Waals surface area contributed by atoms with E-state index in [-0.39, 0.29) is 24.3 Å². The SMILES string of the molecule is CC(=O)NC(Cc1cc(F)cc(F)c1)C(O)CNc1cnccc1CC(C)(C)C. The van der Waals surface area contributed by atoms with Gasteiger partial charge in [0.15, 0.2) is 0 Å². The van der Waals surface area contributed by atoms with Gasteiger partial charge in [0, 0.05) is 25.7 Å². The molecule has 1 heterocycles. The van der Waals surface area contributed by atoms with Gasteiger partial charge in [-0.05, 0) is 47.6 Å². The summed E-state index contributed by atoms with van der Waals surface area (Å²) < 4.78 is 27.0. The van der Waals surface area contributed by atoms with Crippen molar-refractivity contribution in [3.05, 3.63) is 59.4 Å². The summed E-state index contributed by atoms with van der Waals surface area (Å²) in [5.74, 6) is -1.73. The van der Waals surface area contributed by atoms with Crippen LogP contribution in [0.3, 0.4) is 0 Å². The Labute approximate surface area is 170 Å². The normalized spacial score (nSPS) is 13.6. The summed E-state index contributed by atoms with van der Waals surface area (Å²) in [7, 11) is 0. The number of nitrogens with zero attached hydrogens (tertiary/aromatic N) is 1. The van der Waals surface area contributed by atoms with Gasteiger partial charge in [-0.1, -0.05) is 20.8 Å². The first-order chi connectivity index (χ1) is 13.5. The van der Waals surface area contributed by atoms with Crippen LogP contribution < -0.4 is 10.6 Å². The topological polar surface area (TPSA) is 74.2 Å². The summed E-state index contributed by atoms with van der Waals surface area (Å²) in [6.45, 7) is 7.89. The lowest BCUT2D eigenvalue weighted by molar-refractivity contribution is -0.120. The molecule has 0 fully saturated rings. The zero-order chi connectivity index (χ0) is 21.6. The largest absolute Gasteiger partial charge is 0.389 e. The average molecular weight is 405 g/mol. The fraction of sp³-hybridized carbons (Fsp3) is 0.455. The summed E-state index contributed by atoms with van der Waals surface area (Å²) in [5.41, 5.74) is 2.31. The molecule has 0 saturated heterocycles. The fourth-order valence-corrected chi connectivity index (χ4v) is 3.19. The molecule has 2 unspecified atom stereocenters. The molecule has 158 valence electrons. The van der Waals surface area contributed by atoms with Crippen molar-refractivity contribution in [3.63, 3.8) is 0 Å². The molecule has 0 aliphatic carbocycles. The van der Waals surface area contributed by atoms with Crippen LogP contribution in [0.1, 0.15) is 38.8 Å². The van der Waals surface area contributed by atoms with Crippen molar-refractivity contribution in [1.29, 1.82) is 0 Å². The molecule has 2 atom stereocenters. The Morgan fingerprint density at radius 1 is 1.21 bits per heavy atom. The molecule has 0 radical (unpaired) electrons. The van der Waals surface area contributed by atoms with Crippen LogP contribution in [0.5, 0.6) is 0 Å². The van der Waals surface area contributed by atoms with Gasteiger partial charge in [0.1, 0.15) is 11.6 Å². The molecule has 3 N–H and O–H groups in total. The Morgan fingerprint density at radius 2 is 1.86 bits per heavy atom. The van der Waals surface area contributed by atoms with Crippen LogP contribution in [0.25, 0.3) is 0 Å². The van der Waals surface area contributed by atoms with E-state index in [1.54, 1.807) is 12.4 Å². The van der Waals surface area contributed by atoms with Gasteiger partial charge < -0.3 is 15.7 Å². The minimum atomic E-state index is -0.979. The lowest BCUT2D eigenvalue weighted by Crippen LogP contribution is -2.46.